The number of aryl methyl sites for hydroxylation is 2. The summed E-state index contributed by atoms with van der Waals surface area (Å²) in [5.41, 5.74) is 1.97. The first-order valence-corrected chi connectivity index (χ1v) is 10.5. The Morgan fingerprint density at radius 3 is 2.62 bits per heavy atom. The van der Waals surface area contributed by atoms with Gasteiger partial charge in [0.05, 0.1) is 5.56 Å². The molecule has 2 heterocycles. The van der Waals surface area contributed by atoms with Crippen molar-refractivity contribution in [2.24, 2.45) is 0 Å². The topological polar surface area (TPSA) is 75.6 Å². The molecule has 4 rings (SSSR count). The quantitative estimate of drug-likeness (QED) is 0.840. The van der Waals surface area contributed by atoms with Crippen molar-refractivity contribution in [3.63, 3.8) is 0 Å². The van der Waals surface area contributed by atoms with Crippen LogP contribution in [0.25, 0.3) is 0 Å². The first kappa shape index (κ1) is 19.8. The number of hydrogen-bond acceptors (Lipinski definition) is 5. The fourth-order valence-electron chi connectivity index (χ4n) is 3.73. The summed E-state index contributed by atoms with van der Waals surface area (Å²) in [6.07, 6.45) is 7.40. The highest BCUT2D eigenvalue weighted by Gasteiger charge is 2.33. The summed E-state index contributed by atoms with van der Waals surface area (Å²) in [5.74, 6) is 2.03. The van der Waals surface area contributed by atoms with Crippen molar-refractivity contribution in [3.8, 4) is 5.75 Å². The summed E-state index contributed by atoms with van der Waals surface area (Å²) in [7, 11) is 0. The highest BCUT2D eigenvalue weighted by molar-refractivity contribution is 5.93. The Morgan fingerprint density at radius 1 is 1.17 bits per heavy atom. The minimum Gasteiger partial charge on any atom is -0.491 e. The molecule has 29 heavy (non-hydrogen) atoms. The van der Waals surface area contributed by atoms with Gasteiger partial charge in [-0.1, -0.05) is 6.07 Å². The van der Waals surface area contributed by atoms with E-state index in [-0.39, 0.29) is 12.5 Å². The van der Waals surface area contributed by atoms with Gasteiger partial charge in [0.25, 0.3) is 5.91 Å². The van der Waals surface area contributed by atoms with Crippen molar-refractivity contribution >= 4 is 5.91 Å². The monoisotopic (exact) mass is 395 g/mol. The lowest BCUT2D eigenvalue weighted by atomic mass is 9.96. The minimum absolute atomic E-state index is 0.0633. The zero-order valence-electron chi connectivity index (χ0n) is 17.2. The van der Waals surface area contributed by atoms with E-state index >= 15 is 0 Å². The molecule has 0 bridgehead atoms. The van der Waals surface area contributed by atoms with Crippen molar-refractivity contribution in [1.29, 1.82) is 0 Å². The summed E-state index contributed by atoms with van der Waals surface area (Å²) < 4.78 is 5.89. The number of carbonyl (C=O) groups excluding carboxylic acids is 1. The summed E-state index contributed by atoms with van der Waals surface area (Å²) in [6.45, 7) is 5.46. The molecule has 1 unspecified atom stereocenters. The van der Waals surface area contributed by atoms with E-state index in [1.807, 2.05) is 25.1 Å². The normalized spacial score (nSPS) is 22.2. The Balaban J connectivity index is 1.34. The van der Waals surface area contributed by atoms with E-state index in [1.54, 1.807) is 17.3 Å². The fourth-order valence-corrected chi connectivity index (χ4v) is 3.73. The lowest BCUT2D eigenvalue weighted by Gasteiger charge is -2.27. The molecule has 1 aromatic carbocycles. The molecule has 1 aliphatic carbocycles. The van der Waals surface area contributed by atoms with Gasteiger partial charge in [-0.05, 0) is 69.2 Å². The number of benzene rings is 1. The Kier molecular flexibility index (Phi) is 5.54. The summed E-state index contributed by atoms with van der Waals surface area (Å²) in [6, 6.07) is 5.96. The number of amides is 1. The summed E-state index contributed by atoms with van der Waals surface area (Å²) in [4.78, 5) is 23.4. The second-order valence-electron chi connectivity index (χ2n) is 8.51. The molecule has 2 fully saturated rings. The van der Waals surface area contributed by atoms with Crippen molar-refractivity contribution in [3.05, 3.63) is 53.1 Å². The third-order valence-electron chi connectivity index (χ3n) is 6.05. The highest BCUT2D eigenvalue weighted by Crippen LogP contribution is 2.37. The average molecular weight is 396 g/mol. The Morgan fingerprint density at radius 2 is 1.93 bits per heavy atom. The van der Waals surface area contributed by atoms with Crippen molar-refractivity contribution < 1.29 is 14.6 Å². The SMILES string of the molecule is Cc1ccc(OCC2(O)CCCN(C(=O)c3cnc(C4CC4)nc3)CC2)cc1C. The van der Waals surface area contributed by atoms with E-state index in [0.29, 0.717) is 37.4 Å². The van der Waals surface area contributed by atoms with Gasteiger partial charge in [0, 0.05) is 31.4 Å². The first-order chi connectivity index (χ1) is 13.9. The van der Waals surface area contributed by atoms with E-state index in [0.717, 1.165) is 30.8 Å². The van der Waals surface area contributed by atoms with E-state index in [2.05, 4.69) is 16.9 Å². The molecule has 1 aromatic heterocycles. The van der Waals surface area contributed by atoms with Gasteiger partial charge in [-0.2, -0.15) is 0 Å². The maximum Gasteiger partial charge on any atom is 0.256 e. The third kappa shape index (κ3) is 4.75. The van der Waals surface area contributed by atoms with Gasteiger partial charge in [-0.3, -0.25) is 4.79 Å². The molecule has 1 saturated heterocycles. The van der Waals surface area contributed by atoms with Crippen LogP contribution in [0.1, 0.15) is 65.3 Å². The van der Waals surface area contributed by atoms with Crippen LogP contribution in [0.2, 0.25) is 0 Å². The molecule has 0 radical (unpaired) electrons. The second-order valence-corrected chi connectivity index (χ2v) is 8.51. The number of aliphatic hydroxyl groups is 1. The van der Waals surface area contributed by atoms with Crippen LogP contribution >= 0.6 is 0 Å². The molecular formula is C23H29N3O3. The van der Waals surface area contributed by atoms with Crippen LogP contribution in [-0.4, -0.2) is 51.2 Å². The molecule has 1 saturated carbocycles. The number of aromatic nitrogens is 2. The third-order valence-corrected chi connectivity index (χ3v) is 6.05. The maximum atomic E-state index is 12.8. The summed E-state index contributed by atoms with van der Waals surface area (Å²) in [5, 5.41) is 11.0. The standard InChI is InChI=1S/C23H29N3O3/c1-16-4-7-20(12-17(16)2)29-15-23(28)8-3-10-26(11-9-23)22(27)19-13-24-21(25-14-19)18-5-6-18/h4,7,12-14,18,28H,3,5-6,8-11,15H2,1-2H3. The van der Waals surface area contributed by atoms with Gasteiger partial charge >= 0.3 is 0 Å². The highest BCUT2D eigenvalue weighted by atomic mass is 16.5. The molecule has 2 aliphatic rings. The number of ether oxygens (including phenoxy) is 1. The minimum atomic E-state index is -0.930. The lowest BCUT2D eigenvalue weighted by Crippen LogP contribution is -2.38. The van der Waals surface area contributed by atoms with E-state index in [9.17, 15) is 9.90 Å². The van der Waals surface area contributed by atoms with Crippen LogP contribution in [0.3, 0.4) is 0 Å². The van der Waals surface area contributed by atoms with Crippen molar-refractivity contribution in [2.75, 3.05) is 19.7 Å². The molecule has 154 valence electrons. The van der Waals surface area contributed by atoms with Gasteiger partial charge in [-0.15, -0.1) is 0 Å². The Hall–Kier alpha value is -2.47. The zero-order valence-corrected chi connectivity index (χ0v) is 17.2. The zero-order chi connectivity index (χ0) is 20.4. The van der Waals surface area contributed by atoms with Crippen LogP contribution < -0.4 is 4.74 Å². The molecule has 6 nitrogen and oxygen atoms in total. The van der Waals surface area contributed by atoms with E-state index < -0.39 is 5.60 Å². The number of rotatable bonds is 5. The van der Waals surface area contributed by atoms with Gasteiger partial charge in [0.15, 0.2) is 0 Å². The molecular weight excluding hydrogens is 366 g/mol. The number of hydrogen-bond donors (Lipinski definition) is 1. The van der Waals surface area contributed by atoms with Crippen molar-refractivity contribution in [1.82, 2.24) is 14.9 Å². The second kappa shape index (κ2) is 8.11. The van der Waals surface area contributed by atoms with Crippen molar-refractivity contribution in [2.45, 2.75) is 57.5 Å². The van der Waals surface area contributed by atoms with Gasteiger partial charge in [-0.25, -0.2) is 9.97 Å². The van der Waals surface area contributed by atoms with Crippen LogP contribution in [0, 0.1) is 13.8 Å². The summed E-state index contributed by atoms with van der Waals surface area (Å²) >= 11 is 0. The molecule has 1 N–H and O–H groups in total. The largest absolute Gasteiger partial charge is 0.491 e. The molecule has 6 heteroatoms. The Labute approximate surface area is 171 Å². The van der Waals surface area contributed by atoms with Gasteiger partial charge < -0.3 is 14.7 Å². The maximum absolute atomic E-state index is 12.8. The van der Waals surface area contributed by atoms with Crippen LogP contribution in [-0.2, 0) is 0 Å². The van der Waals surface area contributed by atoms with Gasteiger partial charge in [0.2, 0.25) is 0 Å². The van der Waals surface area contributed by atoms with Crippen LogP contribution in [0.5, 0.6) is 5.75 Å². The van der Waals surface area contributed by atoms with Crippen LogP contribution in [0.15, 0.2) is 30.6 Å². The smallest absolute Gasteiger partial charge is 0.256 e. The molecule has 1 atom stereocenters. The molecule has 1 amide bonds. The number of nitrogens with zero attached hydrogens (tertiary/aromatic N) is 3. The fraction of sp³-hybridized carbons (Fsp3) is 0.522. The average Bonchev–Trinajstić information content (AvgIpc) is 3.57. The predicted octanol–water partition coefficient (Wildman–Crippen LogP) is 3.41. The van der Waals surface area contributed by atoms with Gasteiger partial charge in [0.1, 0.15) is 23.8 Å². The predicted molar refractivity (Wildman–Crippen MR) is 110 cm³/mol. The molecule has 0 spiro atoms. The first-order valence-electron chi connectivity index (χ1n) is 10.5. The molecule has 1 aliphatic heterocycles. The number of likely N-dealkylation sites (tertiary alicyclic amines) is 1. The van der Waals surface area contributed by atoms with E-state index in [1.165, 1.54) is 11.1 Å². The number of carbonyl (C=O) groups is 1. The van der Waals surface area contributed by atoms with E-state index in [4.69, 9.17) is 4.74 Å². The Bertz CT molecular complexity index is 879. The lowest BCUT2D eigenvalue weighted by molar-refractivity contribution is -0.0163. The molecule has 2 aromatic rings. The van der Waals surface area contributed by atoms with Crippen LogP contribution in [0.4, 0.5) is 0 Å².